The second kappa shape index (κ2) is 8.00. The van der Waals surface area contributed by atoms with Crippen molar-refractivity contribution in [3.8, 4) is 0 Å². The van der Waals surface area contributed by atoms with Gasteiger partial charge in [0.15, 0.2) is 0 Å². The van der Waals surface area contributed by atoms with Gasteiger partial charge in [-0.2, -0.15) is 0 Å². The third-order valence-electron chi connectivity index (χ3n) is 5.85. The number of nitrogens with one attached hydrogen (secondary N) is 2. The fourth-order valence-corrected chi connectivity index (χ4v) is 5.19. The van der Waals surface area contributed by atoms with Crippen molar-refractivity contribution < 1.29 is 4.79 Å². The number of pyridine rings is 1. The van der Waals surface area contributed by atoms with Crippen LogP contribution in [0.25, 0.3) is 0 Å². The summed E-state index contributed by atoms with van der Waals surface area (Å²) in [6.07, 6.45) is 6.82. The summed E-state index contributed by atoms with van der Waals surface area (Å²) in [4.78, 5) is 19.1. The summed E-state index contributed by atoms with van der Waals surface area (Å²) in [5.74, 6) is 0.911. The lowest BCUT2D eigenvalue weighted by Gasteiger charge is -2.43. The van der Waals surface area contributed by atoms with E-state index in [1.807, 2.05) is 12.4 Å². The van der Waals surface area contributed by atoms with Gasteiger partial charge in [-0.3, -0.25) is 15.2 Å². The number of hydrazine groups is 1. The van der Waals surface area contributed by atoms with Gasteiger partial charge in [-0.15, -0.1) is 0 Å². The normalized spacial score (nSPS) is 27.7. The number of carbonyl (C=O) groups is 1. The molecule has 2 aliphatic rings. The summed E-state index contributed by atoms with van der Waals surface area (Å²) >= 11 is 1.74. The van der Waals surface area contributed by atoms with Crippen LogP contribution in [0.3, 0.4) is 0 Å². The highest BCUT2D eigenvalue weighted by atomic mass is 32.2. The number of fused-ring (bicyclic) bond motifs is 1. The molecule has 1 aromatic carbocycles. The van der Waals surface area contributed by atoms with E-state index in [1.54, 1.807) is 11.8 Å². The monoisotopic (exact) mass is 382 g/mol. The van der Waals surface area contributed by atoms with E-state index in [9.17, 15) is 4.79 Å². The highest BCUT2D eigenvalue weighted by Gasteiger charge is 2.42. The van der Waals surface area contributed by atoms with E-state index in [1.165, 1.54) is 16.0 Å². The molecule has 142 valence electrons. The smallest absolute Gasteiger partial charge is 0.237 e. The Balaban J connectivity index is 1.50. The number of nitrogens with zero attached hydrogens (tertiary/aromatic N) is 1. The zero-order valence-electron chi connectivity index (χ0n) is 15.5. The van der Waals surface area contributed by atoms with Crippen molar-refractivity contribution >= 4 is 17.7 Å². The van der Waals surface area contributed by atoms with Crippen molar-refractivity contribution in [1.29, 1.82) is 0 Å². The van der Waals surface area contributed by atoms with Gasteiger partial charge < -0.3 is 5.73 Å². The van der Waals surface area contributed by atoms with E-state index < -0.39 is 0 Å². The molecule has 6 heteroatoms. The molecule has 1 saturated carbocycles. The Bertz CT molecular complexity index is 810. The Morgan fingerprint density at radius 2 is 2.00 bits per heavy atom. The molecule has 2 fully saturated rings. The largest absolute Gasteiger partial charge is 0.329 e. The number of aryl methyl sites for hydroxylation is 1. The number of rotatable bonds is 4. The van der Waals surface area contributed by atoms with Crippen LogP contribution in [-0.2, 0) is 4.79 Å². The van der Waals surface area contributed by atoms with E-state index in [0.29, 0.717) is 12.5 Å². The predicted octanol–water partition coefficient (Wildman–Crippen LogP) is 3.00. The highest BCUT2D eigenvalue weighted by molar-refractivity contribution is 7.99. The van der Waals surface area contributed by atoms with Gasteiger partial charge in [0.05, 0.1) is 0 Å². The molecule has 2 heterocycles. The zero-order chi connectivity index (χ0) is 18.8. The van der Waals surface area contributed by atoms with E-state index >= 15 is 0 Å². The first-order valence-corrected chi connectivity index (χ1v) is 10.4. The van der Waals surface area contributed by atoms with Crippen molar-refractivity contribution in [3.05, 3.63) is 53.9 Å². The van der Waals surface area contributed by atoms with Crippen molar-refractivity contribution in [3.63, 3.8) is 0 Å². The van der Waals surface area contributed by atoms with Gasteiger partial charge in [0.1, 0.15) is 0 Å². The standard InChI is InChI=1S/C21H26N4OS/c1-13-2-5-16(6-3-13)27-17-8-15(11-23-12-17)14-4-7-18-19(9-14)20(10-22)24-25-21(18)26/h2-3,5-6,8,11-12,14,18-20,24H,4,7,9-10,22H2,1H3,(H,25,26). The maximum Gasteiger partial charge on any atom is 0.237 e. The molecule has 0 radical (unpaired) electrons. The molecule has 0 spiro atoms. The van der Waals surface area contributed by atoms with Crippen LogP contribution < -0.4 is 16.6 Å². The van der Waals surface area contributed by atoms with Crippen LogP contribution in [0.15, 0.2) is 52.5 Å². The van der Waals surface area contributed by atoms with Crippen LogP contribution in [-0.4, -0.2) is 23.5 Å². The molecule has 1 aliphatic carbocycles. The molecular weight excluding hydrogens is 356 g/mol. The van der Waals surface area contributed by atoms with Gasteiger partial charge in [0.25, 0.3) is 0 Å². The van der Waals surface area contributed by atoms with Crippen LogP contribution in [0.2, 0.25) is 0 Å². The van der Waals surface area contributed by atoms with E-state index in [0.717, 1.165) is 24.2 Å². The summed E-state index contributed by atoms with van der Waals surface area (Å²) in [5, 5.41) is 0. The van der Waals surface area contributed by atoms with Gasteiger partial charge >= 0.3 is 0 Å². The lowest BCUT2D eigenvalue weighted by Crippen LogP contribution is -2.62. The Morgan fingerprint density at radius 3 is 2.78 bits per heavy atom. The van der Waals surface area contributed by atoms with E-state index in [-0.39, 0.29) is 23.8 Å². The summed E-state index contributed by atoms with van der Waals surface area (Å²) in [6, 6.07) is 11.0. The minimum absolute atomic E-state index is 0.0779. The molecule has 4 N–H and O–H groups in total. The molecule has 1 aromatic heterocycles. The number of carbonyl (C=O) groups excluding carboxylic acids is 1. The Kier molecular flexibility index (Phi) is 5.48. The molecule has 4 atom stereocenters. The maximum absolute atomic E-state index is 12.2. The van der Waals surface area contributed by atoms with Gasteiger partial charge in [-0.1, -0.05) is 29.5 Å². The third-order valence-corrected chi connectivity index (χ3v) is 6.82. The summed E-state index contributed by atoms with van der Waals surface area (Å²) in [7, 11) is 0. The number of nitrogens with two attached hydrogens (primary N) is 1. The molecule has 4 unspecified atom stereocenters. The predicted molar refractivity (Wildman–Crippen MR) is 107 cm³/mol. The molecule has 5 nitrogen and oxygen atoms in total. The van der Waals surface area contributed by atoms with Crippen LogP contribution in [0.5, 0.6) is 0 Å². The molecule has 1 aliphatic heterocycles. The molecular formula is C21H26N4OS. The molecule has 4 rings (SSSR count). The Labute approximate surface area is 164 Å². The van der Waals surface area contributed by atoms with Gasteiger partial charge in [0.2, 0.25) is 5.91 Å². The van der Waals surface area contributed by atoms with Crippen LogP contribution in [0.1, 0.15) is 36.3 Å². The first kappa shape index (κ1) is 18.5. The fourth-order valence-electron chi connectivity index (χ4n) is 4.33. The van der Waals surface area contributed by atoms with Crippen LogP contribution in [0.4, 0.5) is 0 Å². The maximum atomic E-state index is 12.2. The van der Waals surface area contributed by atoms with Crippen LogP contribution in [0, 0.1) is 18.8 Å². The SMILES string of the molecule is Cc1ccc(Sc2cncc(C3CCC4C(=O)NNC(CN)C4C3)c2)cc1. The number of hydrogen-bond donors (Lipinski definition) is 3. The Hall–Kier alpha value is -1.89. The fraction of sp³-hybridized carbons (Fsp3) is 0.429. The summed E-state index contributed by atoms with van der Waals surface area (Å²) in [5.41, 5.74) is 14.4. The molecule has 1 amide bonds. The lowest BCUT2D eigenvalue weighted by molar-refractivity contribution is -0.133. The first-order chi connectivity index (χ1) is 13.1. The molecule has 27 heavy (non-hydrogen) atoms. The number of benzene rings is 1. The number of hydrogen-bond acceptors (Lipinski definition) is 5. The van der Waals surface area contributed by atoms with Crippen molar-refractivity contribution in [2.45, 2.75) is 47.9 Å². The quantitative estimate of drug-likeness (QED) is 0.757. The average molecular weight is 383 g/mol. The second-order valence-corrected chi connectivity index (χ2v) is 8.77. The average Bonchev–Trinajstić information content (AvgIpc) is 2.70. The topological polar surface area (TPSA) is 80.0 Å². The minimum atomic E-state index is 0.0779. The van der Waals surface area contributed by atoms with E-state index in [2.05, 4.69) is 53.1 Å². The summed E-state index contributed by atoms with van der Waals surface area (Å²) in [6.45, 7) is 2.64. The van der Waals surface area contributed by atoms with Crippen molar-refractivity contribution in [2.24, 2.45) is 17.6 Å². The van der Waals surface area contributed by atoms with Gasteiger partial charge in [-0.25, -0.2) is 5.43 Å². The van der Waals surface area contributed by atoms with E-state index in [4.69, 9.17) is 5.73 Å². The minimum Gasteiger partial charge on any atom is -0.329 e. The van der Waals surface area contributed by atoms with Gasteiger partial charge in [-0.05, 0) is 61.8 Å². The lowest BCUT2D eigenvalue weighted by atomic mass is 9.68. The Morgan fingerprint density at radius 1 is 1.19 bits per heavy atom. The second-order valence-electron chi connectivity index (χ2n) is 7.63. The zero-order valence-corrected chi connectivity index (χ0v) is 16.3. The van der Waals surface area contributed by atoms with Gasteiger partial charge in [0, 0.05) is 40.7 Å². The third kappa shape index (κ3) is 4.03. The molecule has 2 aromatic rings. The number of amides is 1. The van der Waals surface area contributed by atoms with Crippen molar-refractivity contribution in [1.82, 2.24) is 15.8 Å². The van der Waals surface area contributed by atoms with Crippen LogP contribution >= 0.6 is 11.8 Å². The molecule has 1 saturated heterocycles. The first-order valence-electron chi connectivity index (χ1n) is 9.59. The molecule has 0 bridgehead atoms. The summed E-state index contributed by atoms with van der Waals surface area (Å²) < 4.78 is 0. The number of aromatic nitrogens is 1. The highest BCUT2D eigenvalue weighted by Crippen LogP contribution is 2.42. The van der Waals surface area contributed by atoms with Crippen molar-refractivity contribution in [2.75, 3.05) is 6.54 Å².